The highest BCUT2D eigenvalue weighted by atomic mass is 32.2. The summed E-state index contributed by atoms with van der Waals surface area (Å²) in [6.45, 7) is 5.60. The summed E-state index contributed by atoms with van der Waals surface area (Å²) >= 11 is 1.48. The molecule has 1 amide bonds. The van der Waals surface area contributed by atoms with Gasteiger partial charge in [0.15, 0.2) is 0 Å². The molecule has 0 unspecified atom stereocenters. The molecule has 2 aromatic heterocycles. The molecule has 0 bridgehead atoms. The molecule has 19 heavy (non-hydrogen) atoms. The van der Waals surface area contributed by atoms with Crippen LogP contribution in [0, 0.1) is 20.8 Å². The van der Waals surface area contributed by atoms with Crippen LogP contribution in [0.2, 0.25) is 0 Å². The Labute approximate surface area is 115 Å². The van der Waals surface area contributed by atoms with Crippen LogP contribution in [0.15, 0.2) is 10.6 Å². The van der Waals surface area contributed by atoms with Crippen molar-refractivity contribution in [2.24, 2.45) is 0 Å². The third kappa shape index (κ3) is 3.60. The summed E-state index contributed by atoms with van der Waals surface area (Å²) in [5.74, 6) is 1.74. The van der Waals surface area contributed by atoms with Crippen molar-refractivity contribution >= 4 is 23.4 Å². The minimum Gasteiger partial charge on any atom is -0.360 e. The third-order valence-corrected chi connectivity index (χ3v) is 3.50. The Kier molecular flexibility index (Phi) is 4.26. The van der Waals surface area contributed by atoms with Crippen LogP contribution in [-0.4, -0.2) is 27.0 Å². The van der Waals surface area contributed by atoms with Gasteiger partial charge in [-0.05, 0) is 20.8 Å². The molecule has 0 atom stereocenters. The maximum absolute atomic E-state index is 11.8. The number of aryl methyl sites for hydroxylation is 3. The van der Waals surface area contributed by atoms with Crippen LogP contribution in [0.1, 0.15) is 22.8 Å². The summed E-state index contributed by atoms with van der Waals surface area (Å²) in [5.41, 5.74) is 3.27. The number of H-pyrrole nitrogens is 1. The van der Waals surface area contributed by atoms with Crippen LogP contribution < -0.4 is 5.32 Å². The number of aromatic amines is 1. The lowest BCUT2D eigenvalue weighted by Gasteiger charge is -2.04. The number of hydrogen-bond acceptors (Lipinski definition) is 5. The van der Waals surface area contributed by atoms with Gasteiger partial charge in [-0.25, -0.2) is 0 Å². The molecule has 0 spiro atoms. The molecule has 0 saturated carbocycles. The number of thioether (sulfide) groups is 1. The molecule has 0 aromatic carbocycles. The number of nitrogens with zero attached hydrogens (tertiary/aromatic N) is 2. The van der Waals surface area contributed by atoms with E-state index in [-0.39, 0.29) is 5.91 Å². The first kappa shape index (κ1) is 13.7. The minimum absolute atomic E-state index is 0.0474. The molecule has 2 N–H and O–H groups in total. The van der Waals surface area contributed by atoms with Crippen LogP contribution in [0.5, 0.6) is 0 Å². The topological polar surface area (TPSA) is 83.8 Å². The second-order valence-corrected chi connectivity index (χ2v) is 5.27. The second kappa shape index (κ2) is 5.92. The molecular formula is C12H16N4O2S. The zero-order valence-electron chi connectivity index (χ0n) is 11.1. The number of carbonyl (C=O) groups is 1. The largest absolute Gasteiger partial charge is 0.360 e. The monoisotopic (exact) mass is 280 g/mol. The van der Waals surface area contributed by atoms with Crippen LogP contribution >= 0.6 is 11.8 Å². The van der Waals surface area contributed by atoms with E-state index in [0.29, 0.717) is 11.5 Å². The first-order chi connectivity index (χ1) is 9.06. The first-order valence-corrected chi connectivity index (χ1v) is 7.03. The molecule has 0 fully saturated rings. The number of amides is 1. The molecule has 2 aromatic rings. The van der Waals surface area contributed by atoms with Gasteiger partial charge < -0.3 is 9.84 Å². The van der Waals surface area contributed by atoms with Crippen molar-refractivity contribution in [2.45, 2.75) is 26.5 Å². The van der Waals surface area contributed by atoms with E-state index in [1.165, 1.54) is 11.8 Å². The maximum atomic E-state index is 11.8. The van der Waals surface area contributed by atoms with Gasteiger partial charge in [0.2, 0.25) is 5.91 Å². The second-order valence-electron chi connectivity index (χ2n) is 4.28. The fourth-order valence-corrected chi connectivity index (χ4v) is 2.34. The summed E-state index contributed by atoms with van der Waals surface area (Å²) in [5, 5.41) is 13.5. The van der Waals surface area contributed by atoms with Gasteiger partial charge in [0.05, 0.1) is 34.3 Å². The average Bonchev–Trinajstić information content (AvgIpc) is 2.90. The highest BCUT2D eigenvalue weighted by Crippen LogP contribution is 2.17. The molecule has 0 aliphatic carbocycles. The van der Waals surface area contributed by atoms with Crippen molar-refractivity contribution in [1.82, 2.24) is 15.4 Å². The van der Waals surface area contributed by atoms with Crippen molar-refractivity contribution in [3.63, 3.8) is 0 Å². The van der Waals surface area contributed by atoms with E-state index in [1.807, 2.05) is 26.8 Å². The van der Waals surface area contributed by atoms with Gasteiger partial charge in [-0.1, -0.05) is 5.16 Å². The smallest absolute Gasteiger partial charge is 0.234 e. The highest BCUT2D eigenvalue weighted by Gasteiger charge is 2.10. The molecule has 6 nitrogen and oxygen atoms in total. The Morgan fingerprint density at radius 3 is 2.84 bits per heavy atom. The van der Waals surface area contributed by atoms with E-state index in [1.54, 1.807) is 0 Å². The van der Waals surface area contributed by atoms with E-state index >= 15 is 0 Å². The predicted octanol–water partition coefficient (Wildman–Crippen LogP) is 2.19. The molecular weight excluding hydrogens is 264 g/mol. The number of aromatic nitrogens is 3. The van der Waals surface area contributed by atoms with Crippen LogP contribution in [-0.2, 0) is 10.5 Å². The average molecular weight is 280 g/mol. The normalized spacial score (nSPS) is 10.7. The number of hydrogen-bond donors (Lipinski definition) is 2. The lowest BCUT2D eigenvalue weighted by atomic mass is 10.3. The molecule has 0 aliphatic heterocycles. The van der Waals surface area contributed by atoms with Crippen LogP contribution in [0.4, 0.5) is 5.69 Å². The van der Waals surface area contributed by atoms with Crippen molar-refractivity contribution in [3.05, 3.63) is 28.9 Å². The first-order valence-electron chi connectivity index (χ1n) is 5.87. The third-order valence-electron chi connectivity index (χ3n) is 2.55. The summed E-state index contributed by atoms with van der Waals surface area (Å²) in [6, 6.07) is 1.87. The number of rotatable bonds is 5. The van der Waals surface area contributed by atoms with Gasteiger partial charge >= 0.3 is 0 Å². The van der Waals surface area contributed by atoms with E-state index in [9.17, 15) is 4.79 Å². The molecule has 102 valence electrons. The van der Waals surface area contributed by atoms with Gasteiger partial charge in [-0.3, -0.25) is 9.89 Å². The minimum atomic E-state index is -0.0474. The van der Waals surface area contributed by atoms with Crippen molar-refractivity contribution in [3.8, 4) is 0 Å². The lowest BCUT2D eigenvalue weighted by Crippen LogP contribution is -2.15. The molecule has 0 radical (unpaired) electrons. The van der Waals surface area contributed by atoms with Gasteiger partial charge in [-0.15, -0.1) is 11.8 Å². The van der Waals surface area contributed by atoms with Crippen molar-refractivity contribution in [1.29, 1.82) is 0 Å². The zero-order chi connectivity index (χ0) is 13.8. The van der Waals surface area contributed by atoms with E-state index in [2.05, 4.69) is 20.7 Å². The lowest BCUT2D eigenvalue weighted by molar-refractivity contribution is -0.113. The summed E-state index contributed by atoms with van der Waals surface area (Å²) < 4.78 is 5.07. The molecule has 0 aliphatic rings. The number of anilines is 1. The Balaban J connectivity index is 1.79. The SMILES string of the molecule is Cc1cc(CSCC(=O)Nc2c(C)n[nH]c2C)on1. The van der Waals surface area contributed by atoms with Gasteiger partial charge in [-0.2, -0.15) is 5.10 Å². The van der Waals surface area contributed by atoms with E-state index in [4.69, 9.17) is 4.52 Å². The Bertz CT molecular complexity index is 557. The standard InChI is InChI=1S/C12H16N4O2S/c1-7-4-10(18-16-7)5-19-6-11(17)13-12-8(2)14-15-9(12)3/h4H,5-6H2,1-3H3,(H,13,17)(H,14,15). The summed E-state index contributed by atoms with van der Waals surface area (Å²) in [7, 11) is 0. The highest BCUT2D eigenvalue weighted by molar-refractivity contribution is 7.99. The fraction of sp³-hybridized carbons (Fsp3) is 0.417. The van der Waals surface area contributed by atoms with Crippen LogP contribution in [0.25, 0.3) is 0 Å². The molecule has 7 heteroatoms. The molecule has 2 heterocycles. The Hall–Kier alpha value is -1.76. The van der Waals surface area contributed by atoms with Gasteiger partial charge in [0.25, 0.3) is 0 Å². The summed E-state index contributed by atoms with van der Waals surface area (Å²) in [6.07, 6.45) is 0. The summed E-state index contributed by atoms with van der Waals surface area (Å²) in [4.78, 5) is 11.8. The Morgan fingerprint density at radius 1 is 1.47 bits per heavy atom. The van der Waals surface area contributed by atoms with Gasteiger partial charge in [0.1, 0.15) is 5.76 Å². The molecule has 0 saturated heterocycles. The fourth-order valence-electron chi connectivity index (χ4n) is 1.64. The van der Waals surface area contributed by atoms with E-state index in [0.717, 1.165) is 28.5 Å². The zero-order valence-corrected chi connectivity index (χ0v) is 11.9. The van der Waals surface area contributed by atoms with Crippen LogP contribution in [0.3, 0.4) is 0 Å². The van der Waals surface area contributed by atoms with Crippen molar-refractivity contribution in [2.75, 3.05) is 11.1 Å². The van der Waals surface area contributed by atoms with E-state index < -0.39 is 0 Å². The predicted molar refractivity (Wildman–Crippen MR) is 74.1 cm³/mol. The van der Waals surface area contributed by atoms with Crippen molar-refractivity contribution < 1.29 is 9.32 Å². The van der Waals surface area contributed by atoms with Gasteiger partial charge in [0, 0.05) is 6.07 Å². The Morgan fingerprint density at radius 2 is 2.26 bits per heavy atom. The quantitative estimate of drug-likeness (QED) is 0.877. The maximum Gasteiger partial charge on any atom is 0.234 e. The number of nitrogens with one attached hydrogen (secondary N) is 2. The number of carbonyl (C=O) groups excluding carboxylic acids is 1. The molecule has 2 rings (SSSR count).